The molecule has 0 radical (unpaired) electrons. The molecule has 82 valence electrons. The molecular formula is C4H16F3NO3S. The fraction of sp³-hybridized carbons (Fsp3) is 1.00. The van der Waals surface area contributed by atoms with Crippen molar-refractivity contribution < 1.29 is 27.1 Å². The Labute approximate surface area is 71.2 Å². The summed E-state index contributed by atoms with van der Waals surface area (Å²) >= 11 is 0. The van der Waals surface area contributed by atoms with Crippen LogP contribution in [-0.2, 0) is 11.0 Å². The summed E-state index contributed by atoms with van der Waals surface area (Å²) in [4.78, 5) is 0. The molecule has 8 heteroatoms. The normalized spacial score (nSPS) is 6.33. The van der Waals surface area contributed by atoms with Crippen molar-refractivity contribution in [3.8, 4) is 0 Å². The lowest BCUT2D eigenvalue weighted by Crippen LogP contribution is -2.09. The van der Waals surface area contributed by atoms with Gasteiger partial charge in [0.2, 0.25) is 0 Å². The summed E-state index contributed by atoms with van der Waals surface area (Å²) in [5.74, 6) is 0. The quantitative estimate of drug-likeness (QED) is 0.453. The molecule has 0 aromatic heterocycles. The molecule has 0 atom stereocenters. The zero-order chi connectivity index (χ0) is 7.70. The molecule has 0 aliphatic rings. The molecule has 0 bridgehead atoms. The van der Waals surface area contributed by atoms with Crippen molar-refractivity contribution in [3.05, 3.63) is 0 Å². The first-order valence-electron chi connectivity index (χ1n) is 2.69. The summed E-state index contributed by atoms with van der Waals surface area (Å²) in [5, 5.41) is 3.11. The summed E-state index contributed by atoms with van der Waals surface area (Å²) in [5.41, 5.74) is 0. The molecule has 4 nitrogen and oxygen atoms in total. The van der Waals surface area contributed by atoms with Crippen molar-refractivity contribution in [3.63, 3.8) is 0 Å². The van der Waals surface area contributed by atoms with Crippen molar-refractivity contribution in [2.45, 2.75) is 13.8 Å². The molecule has 0 saturated heterocycles. The van der Waals surface area contributed by atoms with Crippen molar-refractivity contribution in [2.24, 2.45) is 0 Å². The number of hydrogen-bond acceptors (Lipinski definition) is 3. The van der Waals surface area contributed by atoms with Crippen LogP contribution in [0.1, 0.15) is 13.8 Å². The highest BCUT2D eigenvalue weighted by atomic mass is 32.2. The minimum atomic E-state index is -3.12. The van der Waals surface area contributed by atoms with Gasteiger partial charge in [-0.25, -0.2) is 8.42 Å². The van der Waals surface area contributed by atoms with Gasteiger partial charge in [0.25, 0.3) is 11.0 Å². The second-order valence-electron chi connectivity index (χ2n) is 1.19. The second-order valence-corrected chi connectivity index (χ2v) is 1.67. The number of nitrogens with one attached hydrogen (secondary N) is 1. The number of halogens is 3. The Kier molecular flexibility index (Phi) is 77.3. The molecule has 0 saturated carbocycles. The van der Waals surface area contributed by atoms with Gasteiger partial charge < -0.3 is 5.32 Å². The van der Waals surface area contributed by atoms with Gasteiger partial charge in [-0.15, -0.1) is 0 Å². The van der Waals surface area contributed by atoms with Crippen LogP contribution in [0, 0.1) is 0 Å². The van der Waals surface area contributed by atoms with E-state index in [9.17, 15) is 0 Å². The lowest BCUT2D eigenvalue weighted by atomic mass is 10.7. The molecule has 2 N–H and O–H groups in total. The standard InChI is InChI=1S/C4H11N.3FH.H2O3S/c1-3-5-4-2;;;;1-4(2)3/h5H,3-4H2,1-2H3;3*1H;4H,(H,1,2,3). The largest absolute Gasteiger partial charge is 0.317 e. The monoisotopic (exact) mass is 215 g/mol. The fourth-order valence-corrected chi connectivity index (χ4v) is 0.250. The highest BCUT2D eigenvalue weighted by Gasteiger charge is 1.62. The molecule has 12 heavy (non-hydrogen) atoms. The molecule has 0 heterocycles. The van der Waals surface area contributed by atoms with Crippen molar-refractivity contribution in [2.75, 3.05) is 13.1 Å². The molecule has 0 unspecified atom stereocenters. The number of hydrogen-bond donors (Lipinski definition) is 3. The molecule has 0 rings (SSSR count). The molecule has 0 aromatic carbocycles. The highest BCUT2D eigenvalue weighted by molar-refractivity contribution is 7.66. The summed E-state index contributed by atoms with van der Waals surface area (Å²) in [6.45, 7) is 6.39. The third-order valence-electron chi connectivity index (χ3n) is 0.500. The Morgan fingerprint density at radius 2 is 1.25 bits per heavy atom. The molecule has 0 aliphatic heterocycles. The summed E-state index contributed by atoms with van der Waals surface area (Å²) in [6.07, 6.45) is 0. The first-order chi connectivity index (χ1) is 4.15. The Hall–Kier alpha value is -0.340. The van der Waals surface area contributed by atoms with Crippen LogP contribution in [0.5, 0.6) is 0 Å². The van der Waals surface area contributed by atoms with E-state index in [1.54, 1.807) is 0 Å². The Bertz CT molecular complexity index is 102. The van der Waals surface area contributed by atoms with E-state index in [2.05, 4.69) is 19.2 Å². The number of rotatable bonds is 2. The van der Waals surface area contributed by atoms with E-state index in [1.807, 2.05) is 0 Å². The number of thiol groups is 1. The van der Waals surface area contributed by atoms with E-state index in [-0.39, 0.29) is 14.1 Å². The van der Waals surface area contributed by atoms with Crippen LogP contribution in [0.3, 0.4) is 0 Å². The second kappa shape index (κ2) is 31.1. The van der Waals surface area contributed by atoms with Gasteiger partial charge in [-0.05, 0) is 13.1 Å². The Balaban J connectivity index is -0.0000000221. The van der Waals surface area contributed by atoms with Gasteiger partial charge in [0, 0.05) is 0 Å². The average Bonchev–Trinajstić information content (AvgIpc) is 1.66. The topological polar surface area (TPSA) is 66.4 Å². The van der Waals surface area contributed by atoms with E-state index in [0.29, 0.717) is 0 Å². The van der Waals surface area contributed by atoms with Crippen LogP contribution in [0.2, 0.25) is 0 Å². The van der Waals surface area contributed by atoms with Crippen LogP contribution in [0.4, 0.5) is 14.1 Å². The average molecular weight is 215 g/mol. The minimum Gasteiger partial charge on any atom is -0.317 e. The van der Waals surface area contributed by atoms with Gasteiger partial charge in [0.1, 0.15) is 0 Å². The first kappa shape index (κ1) is 29.9. The SMILES string of the molecule is CCNCC.F.F.F.O=[SH](=O)O. The third kappa shape index (κ3) is 263. The van der Waals surface area contributed by atoms with Crippen LogP contribution in [-0.4, -0.2) is 26.1 Å². The van der Waals surface area contributed by atoms with Crippen LogP contribution in [0.15, 0.2) is 0 Å². The molecular weight excluding hydrogens is 199 g/mol. The molecule has 0 spiro atoms. The minimum absolute atomic E-state index is 0. The van der Waals surface area contributed by atoms with Gasteiger partial charge in [-0.1, -0.05) is 13.8 Å². The highest BCUT2D eigenvalue weighted by Crippen LogP contribution is 1.47. The van der Waals surface area contributed by atoms with Crippen LogP contribution < -0.4 is 5.32 Å². The van der Waals surface area contributed by atoms with Gasteiger partial charge in [0.15, 0.2) is 0 Å². The molecule has 0 fully saturated rings. The molecule has 0 aromatic rings. The van der Waals surface area contributed by atoms with E-state index in [1.165, 1.54) is 0 Å². The van der Waals surface area contributed by atoms with Gasteiger partial charge in [-0.2, -0.15) is 0 Å². The van der Waals surface area contributed by atoms with Gasteiger partial charge in [0.05, 0.1) is 0 Å². The molecule has 0 amide bonds. The smallest absolute Gasteiger partial charge is 0.254 e. The zero-order valence-corrected chi connectivity index (χ0v) is 7.74. The maximum Gasteiger partial charge on any atom is 0.254 e. The maximum atomic E-state index is 8.59. The predicted octanol–water partition coefficient (Wildman–Crippen LogP) is 0.144. The van der Waals surface area contributed by atoms with E-state index in [0.717, 1.165) is 13.1 Å². The fourth-order valence-electron chi connectivity index (χ4n) is 0.250. The van der Waals surface area contributed by atoms with E-state index < -0.39 is 11.0 Å². The van der Waals surface area contributed by atoms with Gasteiger partial charge >= 0.3 is 0 Å². The lowest BCUT2D eigenvalue weighted by Gasteiger charge is -1.86. The van der Waals surface area contributed by atoms with Gasteiger partial charge in [-0.3, -0.25) is 18.7 Å². The van der Waals surface area contributed by atoms with Crippen LogP contribution >= 0.6 is 0 Å². The Morgan fingerprint density at radius 1 is 1.08 bits per heavy atom. The lowest BCUT2D eigenvalue weighted by molar-refractivity contribution is 0.509. The van der Waals surface area contributed by atoms with Crippen LogP contribution in [0.25, 0.3) is 0 Å². The van der Waals surface area contributed by atoms with Crippen molar-refractivity contribution in [1.29, 1.82) is 0 Å². The summed E-state index contributed by atoms with van der Waals surface area (Å²) in [6, 6.07) is 0. The maximum absolute atomic E-state index is 8.59. The summed E-state index contributed by atoms with van der Waals surface area (Å²) in [7, 11) is -3.12. The van der Waals surface area contributed by atoms with Crippen molar-refractivity contribution in [1.82, 2.24) is 5.32 Å². The molecule has 0 aliphatic carbocycles. The predicted molar refractivity (Wildman–Crippen MR) is 44.7 cm³/mol. The van der Waals surface area contributed by atoms with Crippen molar-refractivity contribution >= 4 is 11.0 Å². The zero-order valence-electron chi connectivity index (χ0n) is 6.85. The van der Waals surface area contributed by atoms with E-state index in [4.69, 9.17) is 13.0 Å². The summed E-state index contributed by atoms with van der Waals surface area (Å²) < 4.78 is 24.2. The van der Waals surface area contributed by atoms with E-state index >= 15 is 0 Å². The first-order valence-corrected chi connectivity index (χ1v) is 3.82. The third-order valence-corrected chi connectivity index (χ3v) is 0.500. The Morgan fingerprint density at radius 3 is 1.25 bits per heavy atom.